The zero-order valence-electron chi connectivity index (χ0n) is 13.1. The van der Waals surface area contributed by atoms with Crippen LogP contribution in [0, 0.1) is 0 Å². The number of carbonyl (C=O) groups excluding carboxylic acids is 1. The number of rotatable bonds is 7. The molecule has 1 aromatic heterocycles. The van der Waals surface area contributed by atoms with Crippen LogP contribution < -0.4 is 10.6 Å². The van der Waals surface area contributed by atoms with Crippen LogP contribution in [0.4, 0.5) is 4.79 Å². The predicted octanol–water partition coefficient (Wildman–Crippen LogP) is 1.06. The summed E-state index contributed by atoms with van der Waals surface area (Å²) in [6, 6.07) is 1.64. The molecule has 1 saturated carbocycles. The molecule has 2 rings (SSSR count). The second kappa shape index (κ2) is 8.75. The Bertz CT molecular complexity index is 438. The zero-order chi connectivity index (χ0) is 15.8. The van der Waals surface area contributed by atoms with Gasteiger partial charge in [0.15, 0.2) is 0 Å². The Kier molecular flexibility index (Phi) is 6.67. The first-order valence-electron chi connectivity index (χ1n) is 7.90. The summed E-state index contributed by atoms with van der Waals surface area (Å²) >= 11 is 0. The molecule has 0 aromatic carbocycles. The van der Waals surface area contributed by atoms with Crippen molar-refractivity contribution in [2.45, 2.75) is 50.2 Å². The second-order valence-corrected chi connectivity index (χ2v) is 5.72. The summed E-state index contributed by atoms with van der Waals surface area (Å²) in [6.45, 7) is 0.412. The highest BCUT2D eigenvalue weighted by atomic mass is 16.5. The molecule has 2 amide bonds. The molecular formula is C15H26N4O3. The van der Waals surface area contributed by atoms with Crippen LogP contribution in [0.5, 0.6) is 0 Å². The van der Waals surface area contributed by atoms with E-state index in [0.29, 0.717) is 13.0 Å². The lowest BCUT2D eigenvalue weighted by atomic mass is 9.90. The minimum absolute atomic E-state index is 0.0652. The van der Waals surface area contributed by atoms with Gasteiger partial charge in [-0.3, -0.25) is 4.68 Å². The van der Waals surface area contributed by atoms with Crippen molar-refractivity contribution in [1.82, 2.24) is 20.4 Å². The van der Waals surface area contributed by atoms with E-state index in [-0.39, 0.29) is 30.8 Å². The molecule has 1 heterocycles. The lowest BCUT2D eigenvalue weighted by Crippen LogP contribution is -2.51. The number of ether oxygens (including phenoxy) is 1. The topological polar surface area (TPSA) is 88.4 Å². The van der Waals surface area contributed by atoms with E-state index in [1.165, 1.54) is 0 Å². The van der Waals surface area contributed by atoms with Gasteiger partial charge in [0.25, 0.3) is 0 Å². The number of hydrogen-bond donors (Lipinski definition) is 3. The maximum atomic E-state index is 12.2. The molecule has 1 aliphatic rings. The normalized spacial score (nSPS) is 23.0. The largest absolute Gasteiger partial charge is 0.394 e. The van der Waals surface area contributed by atoms with E-state index in [1.807, 2.05) is 16.9 Å². The molecule has 3 atom stereocenters. The molecule has 1 fully saturated rings. The third kappa shape index (κ3) is 4.71. The maximum Gasteiger partial charge on any atom is 0.315 e. The number of aliphatic hydroxyl groups excluding tert-OH is 1. The molecular weight excluding hydrogens is 284 g/mol. The molecule has 0 radical (unpaired) electrons. The first-order chi connectivity index (χ1) is 10.7. The Labute approximate surface area is 131 Å². The summed E-state index contributed by atoms with van der Waals surface area (Å²) in [5, 5.41) is 19.4. The van der Waals surface area contributed by atoms with Gasteiger partial charge in [-0.1, -0.05) is 12.8 Å². The molecule has 1 aliphatic carbocycles. The molecule has 22 heavy (non-hydrogen) atoms. The van der Waals surface area contributed by atoms with Crippen LogP contribution in [-0.2, 0) is 4.74 Å². The summed E-state index contributed by atoms with van der Waals surface area (Å²) in [5.74, 6) is 0. The first kappa shape index (κ1) is 16.8. The van der Waals surface area contributed by atoms with Gasteiger partial charge >= 0.3 is 6.03 Å². The molecule has 0 saturated heterocycles. The smallest absolute Gasteiger partial charge is 0.315 e. The summed E-state index contributed by atoms with van der Waals surface area (Å²) in [4.78, 5) is 12.2. The van der Waals surface area contributed by atoms with Crippen LogP contribution in [0.15, 0.2) is 18.5 Å². The van der Waals surface area contributed by atoms with Crippen molar-refractivity contribution in [3.05, 3.63) is 18.5 Å². The quantitative estimate of drug-likeness (QED) is 0.703. The number of aliphatic hydroxyl groups is 1. The van der Waals surface area contributed by atoms with E-state index in [4.69, 9.17) is 4.74 Å². The Morgan fingerprint density at radius 1 is 1.50 bits per heavy atom. The molecule has 3 unspecified atom stereocenters. The SMILES string of the molecule is COCCC(CO)NC(=O)NC1CCCCC1n1cccn1. The van der Waals surface area contributed by atoms with Crippen molar-refractivity contribution in [3.63, 3.8) is 0 Å². The Hall–Kier alpha value is -1.60. The minimum atomic E-state index is -0.285. The zero-order valence-corrected chi connectivity index (χ0v) is 13.1. The van der Waals surface area contributed by atoms with E-state index in [0.717, 1.165) is 25.7 Å². The van der Waals surface area contributed by atoms with Gasteiger partial charge in [0, 0.05) is 26.1 Å². The summed E-state index contributed by atoms with van der Waals surface area (Å²) in [7, 11) is 1.60. The highest BCUT2D eigenvalue weighted by molar-refractivity contribution is 5.74. The molecule has 0 aliphatic heterocycles. The van der Waals surface area contributed by atoms with Crippen molar-refractivity contribution < 1.29 is 14.6 Å². The number of carbonyl (C=O) groups is 1. The summed E-state index contributed by atoms with van der Waals surface area (Å²) in [6.07, 6.45) is 8.51. The van der Waals surface area contributed by atoms with Crippen molar-refractivity contribution >= 4 is 6.03 Å². The van der Waals surface area contributed by atoms with E-state index < -0.39 is 0 Å². The van der Waals surface area contributed by atoms with Crippen molar-refractivity contribution in [1.29, 1.82) is 0 Å². The van der Waals surface area contributed by atoms with Crippen LogP contribution in [0.3, 0.4) is 0 Å². The van der Waals surface area contributed by atoms with Gasteiger partial charge in [0.1, 0.15) is 0 Å². The molecule has 7 heteroatoms. The van der Waals surface area contributed by atoms with Crippen molar-refractivity contribution in [2.24, 2.45) is 0 Å². The summed E-state index contributed by atoms with van der Waals surface area (Å²) < 4.78 is 6.91. The summed E-state index contributed by atoms with van der Waals surface area (Å²) in [5.41, 5.74) is 0. The lowest BCUT2D eigenvalue weighted by molar-refractivity contribution is 0.157. The molecule has 1 aromatic rings. The van der Waals surface area contributed by atoms with E-state index >= 15 is 0 Å². The second-order valence-electron chi connectivity index (χ2n) is 5.72. The monoisotopic (exact) mass is 310 g/mol. The highest BCUT2D eigenvalue weighted by Gasteiger charge is 2.28. The van der Waals surface area contributed by atoms with Gasteiger partial charge in [-0.25, -0.2) is 4.79 Å². The Morgan fingerprint density at radius 2 is 2.32 bits per heavy atom. The maximum absolute atomic E-state index is 12.2. The third-order valence-corrected chi connectivity index (χ3v) is 4.14. The fraction of sp³-hybridized carbons (Fsp3) is 0.733. The number of urea groups is 1. The fourth-order valence-corrected chi connectivity index (χ4v) is 2.94. The van der Waals surface area contributed by atoms with Crippen molar-refractivity contribution in [2.75, 3.05) is 20.3 Å². The third-order valence-electron chi connectivity index (χ3n) is 4.14. The number of methoxy groups -OCH3 is 1. The van der Waals surface area contributed by atoms with Crippen LogP contribution >= 0.6 is 0 Å². The van der Waals surface area contributed by atoms with Crippen molar-refractivity contribution in [3.8, 4) is 0 Å². The minimum Gasteiger partial charge on any atom is -0.394 e. The lowest BCUT2D eigenvalue weighted by Gasteiger charge is -2.32. The number of nitrogens with one attached hydrogen (secondary N) is 2. The Balaban J connectivity index is 1.88. The molecule has 0 spiro atoms. The van der Waals surface area contributed by atoms with Gasteiger partial charge in [-0.15, -0.1) is 0 Å². The van der Waals surface area contributed by atoms with E-state index in [2.05, 4.69) is 15.7 Å². The molecule has 7 nitrogen and oxygen atoms in total. The van der Waals surface area contributed by atoms with Gasteiger partial charge in [-0.05, 0) is 25.3 Å². The predicted molar refractivity (Wildman–Crippen MR) is 82.6 cm³/mol. The van der Waals surface area contributed by atoms with Crippen LogP contribution in [0.2, 0.25) is 0 Å². The van der Waals surface area contributed by atoms with Gasteiger partial charge in [0.2, 0.25) is 0 Å². The van der Waals surface area contributed by atoms with Gasteiger partial charge in [-0.2, -0.15) is 5.10 Å². The van der Waals surface area contributed by atoms with Gasteiger partial charge < -0.3 is 20.5 Å². The number of hydrogen-bond acceptors (Lipinski definition) is 4. The van der Waals surface area contributed by atoms with Crippen LogP contribution in [0.25, 0.3) is 0 Å². The fourth-order valence-electron chi connectivity index (χ4n) is 2.94. The van der Waals surface area contributed by atoms with Gasteiger partial charge in [0.05, 0.1) is 24.7 Å². The standard InChI is InChI=1S/C15H26N4O3/c1-22-10-7-12(11-20)17-15(21)18-13-5-2-3-6-14(13)19-9-4-8-16-19/h4,8-9,12-14,20H,2-3,5-7,10-11H2,1H3,(H2,17,18,21). The van der Waals surface area contributed by atoms with Crippen LogP contribution in [-0.4, -0.2) is 53.3 Å². The highest BCUT2D eigenvalue weighted by Crippen LogP contribution is 2.27. The Morgan fingerprint density at radius 3 is 3.00 bits per heavy atom. The number of amides is 2. The van der Waals surface area contributed by atoms with E-state index in [9.17, 15) is 9.90 Å². The number of nitrogens with zero attached hydrogens (tertiary/aromatic N) is 2. The molecule has 0 bridgehead atoms. The van der Waals surface area contributed by atoms with E-state index in [1.54, 1.807) is 13.3 Å². The number of aromatic nitrogens is 2. The first-order valence-corrected chi connectivity index (χ1v) is 7.90. The average Bonchev–Trinajstić information content (AvgIpc) is 3.06. The molecule has 124 valence electrons. The average molecular weight is 310 g/mol. The molecule has 3 N–H and O–H groups in total. The van der Waals surface area contributed by atoms with Crippen LogP contribution in [0.1, 0.15) is 38.1 Å².